The molecule has 1 unspecified atom stereocenters. The SMILES string of the molecule is Nc1nccn2c(C3CCCN3C(=O)c3cc(Cl)ncn3)nc(-c3ccc(C(=O)Nc4ccccn4)cc3)c12. The third-order valence-corrected chi connectivity index (χ3v) is 6.81. The number of halogens is 1. The number of fused-ring (bicyclic) bond motifs is 1. The number of imidazole rings is 1. The van der Waals surface area contributed by atoms with Crippen molar-refractivity contribution in [2.24, 2.45) is 0 Å². The van der Waals surface area contributed by atoms with Crippen LogP contribution in [0.4, 0.5) is 11.6 Å². The third kappa shape index (κ3) is 4.64. The molecule has 6 rings (SSSR count). The van der Waals surface area contributed by atoms with Gasteiger partial charge in [-0.25, -0.2) is 24.9 Å². The van der Waals surface area contributed by atoms with E-state index in [1.54, 1.807) is 53.8 Å². The molecule has 1 atom stereocenters. The Bertz CT molecular complexity index is 1690. The van der Waals surface area contributed by atoms with E-state index in [-0.39, 0.29) is 28.7 Å². The summed E-state index contributed by atoms with van der Waals surface area (Å²) in [6, 6.07) is 13.5. The lowest BCUT2D eigenvalue weighted by Crippen LogP contribution is -2.32. The van der Waals surface area contributed by atoms with Gasteiger partial charge in [0, 0.05) is 42.3 Å². The molecule has 1 aliphatic rings. The first kappa shape index (κ1) is 24.4. The van der Waals surface area contributed by atoms with Crippen molar-refractivity contribution >= 4 is 40.6 Å². The smallest absolute Gasteiger partial charge is 0.273 e. The fraction of sp³-hybridized carbons (Fsp3) is 0.148. The van der Waals surface area contributed by atoms with Crippen molar-refractivity contribution in [3.8, 4) is 11.3 Å². The number of nitrogens with zero attached hydrogens (tertiary/aromatic N) is 7. The van der Waals surface area contributed by atoms with Crippen molar-refractivity contribution < 1.29 is 9.59 Å². The van der Waals surface area contributed by atoms with Crippen molar-refractivity contribution in [3.63, 3.8) is 0 Å². The van der Waals surface area contributed by atoms with Crippen LogP contribution in [-0.4, -0.2) is 52.6 Å². The van der Waals surface area contributed by atoms with Crippen molar-refractivity contribution in [2.75, 3.05) is 17.6 Å². The molecule has 0 aliphatic carbocycles. The standard InChI is InChI=1S/C27H22ClN9O2/c28-20-14-18(32-15-33-20)27(39)36-12-3-4-19(36)25-35-22(23-24(29)31-11-13-37(23)25)16-6-8-17(9-7-16)26(38)34-21-5-1-2-10-30-21/h1-2,5-11,13-15,19H,3-4,12H2,(H2,29,31)(H,30,34,38). The largest absolute Gasteiger partial charge is 0.382 e. The van der Waals surface area contributed by atoms with Crippen LogP contribution in [0, 0.1) is 0 Å². The quantitative estimate of drug-likeness (QED) is 0.318. The molecule has 1 saturated heterocycles. The summed E-state index contributed by atoms with van der Waals surface area (Å²) in [6.45, 7) is 0.552. The van der Waals surface area contributed by atoms with Crippen LogP contribution in [0.1, 0.15) is 45.6 Å². The Morgan fingerprint density at radius 2 is 1.87 bits per heavy atom. The van der Waals surface area contributed by atoms with Gasteiger partial charge in [0.25, 0.3) is 11.8 Å². The van der Waals surface area contributed by atoms with E-state index >= 15 is 0 Å². The molecule has 12 heteroatoms. The number of likely N-dealkylation sites (tertiary alicyclic amines) is 1. The normalized spacial score (nSPS) is 15.0. The fourth-order valence-electron chi connectivity index (χ4n) is 4.80. The number of amides is 2. The number of aromatic nitrogens is 6. The zero-order valence-corrected chi connectivity index (χ0v) is 21.3. The molecule has 194 valence electrons. The van der Waals surface area contributed by atoms with Crippen LogP contribution >= 0.6 is 11.6 Å². The molecule has 4 aromatic heterocycles. The summed E-state index contributed by atoms with van der Waals surface area (Å²) in [5.41, 5.74) is 9.00. The maximum atomic E-state index is 13.4. The second-order valence-electron chi connectivity index (χ2n) is 8.98. The second kappa shape index (κ2) is 10.1. The Morgan fingerprint density at radius 1 is 1.03 bits per heavy atom. The van der Waals surface area contributed by atoms with E-state index in [1.807, 2.05) is 16.5 Å². The first-order valence-electron chi connectivity index (χ1n) is 12.2. The van der Waals surface area contributed by atoms with Gasteiger partial charge in [-0.15, -0.1) is 0 Å². The van der Waals surface area contributed by atoms with Crippen LogP contribution in [-0.2, 0) is 0 Å². The van der Waals surface area contributed by atoms with Crippen LogP contribution in [0.2, 0.25) is 5.15 Å². The lowest BCUT2D eigenvalue weighted by atomic mass is 10.1. The highest BCUT2D eigenvalue weighted by molar-refractivity contribution is 6.29. The van der Waals surface area contributed by atoms with Gasteiger partial charge < -0.3 is 16.0 Å². The summed E-state index contributed by atoms with van der Waals surface area (Å²) in [4.78, 5) is 49.1. The summed E-state index contributed by atoms with van der Waals surface area (Å²) in [5.74, 6) is 0.918. The van der Waals surface area contributed by atoms with Crippen LogP contribution in [0.15, 0.2) is 73.4 Å². The summed E-state index contributed by atoms with van der Waals surface area (Å²) in [7, 11) is 0. The molecule has 1 fully saturated rings. The molecule has 3 N–H and O–H groups in total. The van der Waals surface area contributed by atoms with Crippen molar-refractivity contribution in [1.82, 2.24) is 34.2 Å². The molecule has 0 bridgehead atoms. The van der Waals surface area contributed by atoms with Gasteiger partial charge in [0.2, 0.25) is 0 Å². The van der Waals surface area contributed by atoms with Crippen LogP contribution < -0.4 is 11.1 Å². The van der Waals surface area contributed by atoms with Gasteiger partial charge in [-0.05, 0) is 37.1 Å². The number of anilines is 2. The topological polar surface area (TPSA) is 144 Å². The van der Waals surface area contributed by atoms with Crippen molar-refractivity contribution in [3.05, 3.63) is 95.7 Å². The maximum Gasteiger partial charge on any atom is 0.273 e. The van der Waals surface area contributed by atoms with E-state index in [1.165, 1.54) is 12.4 Å². The second-order valence-corrected chi connectivity index (χ2v) is 9.37. The average molecular weight is 540 g/mol. The molecular formula is C27H22ClN9O2. The molecule has 1 aliphatic heterocycles. The highest BCUT2D eigenvalue weighted by Gasteiger charge is 2.35. The molecule has 0 radical (unpaired) electrons. The van der Waals surface area contributed by atoms with Crippen LogP contribution in [0.25, 0.3) is 16.8 Å². The zero-order chi connectivity index (χ0) is 26.9. The van der Waals surface area contributed by atoms with E-state index in [0.29, 0.717) is 40.8 Å². The van der Waals surface area contributed by atoms with Gasteiger partial charge in [0.15, 0.2) is 0 Å². The van der Waals surface area contributed by atoms with Gasteiger partial charge >= 0.3 is 0 Å². The molecular weight excluding hydrogens is 518 g/mol. The van der Waals surface area contributed by atoms with E-state index in [0.717, 1.165) is 18.4 Å². The van der Waals surface area contributed by atoms with E-state index in [4.69, 9.17) is 22.3 Å². The molecule has 1 aromatic carbocycles. The van der Waals surface area contributed by atoms with Gasteiger partial charge in [-0.3, -0.25) is 14.0 Å². The summed E-state index contributed by atoms with van der Waals surface area (Å²) in [6.07, 6.45) is 7.80. The first-order chi connectivity index (χ1) is 19.0. The Hall–Kier alpha value is -4.90. The molecule has 5 aromatic rings. The van der Waals surface area contributed by atoms with Gasteiger partial charge in [0.05, 0.1) is 6.04 Å². The average Bonchev–Trinajstić information content (AvgIpc) is 3.59. The molecule has 0 saturated carbocycles. The number of carbonyl (C=O) groups excluding carboxylic acids is 2. The minimum atomic E-state index is -0.308. The molecule has 0 spiro atoms. The van der Waals surface area contributed by atoms with Gasteiger partial charge in [0.1, 0.15) is 45.8 Å². The Kier molecular flexibility index (Phi) is 6.33. The predicted octanol–water partition coefficient (Wildman–Crippen LogP) is 4.05. The summed E-state index contributed by atoms with van der Waals surface area (Å²) in [5, 5.41) is 2.98. The number of nitrogens with one attached hydrogen (secondary N) is 1. The molecule has 11 nitrogen and oxygen atoms in total. The number of rotatable bonds is 5. The molecule has 5 heterocycles. The number of carbonyl (C=O) groups is 2. The first-order valence-corrected chi connectivity index (χ1v) is 12.6. The zero-order valence-electron chi connectivity index (χ0n) is 20.5. The van der Waals surface area contributed by atoms with E-state index in [9.17, 15) is 9.59 Å². The Morgan fingerprint density at radius 3 is 2.64 bits per heavy atom. The molecule has 2 amide bonds. The summed E-state index contributed by atoms with van der Waals surface area (Å²) < 4.78 is 1.88. The van der Waals surface area contributed by atoms with Crippen molar-refractivity contribution in [1.29, 1.82) is 0 Å². The lowest BCUT2D eigenvalue weighted by Gasteiger charge is -2.23. The number of hydrogen-bond donors (Lipinski definition) is 2. The predicted molar refractivity (Wildman–Crippen MR) is 145 cm³/mol. The Labute approximate surface area is 227 Å². The highest BCUT2D eigenvalue weighted by atomic mass is 35.5. The number of pyridine rings is 1. The number of hydrogen-bond acceptors (Lipinski definition) is 8. The lowest BCUT2D eigenvalue weighted by molar-refractivity contribution is 0.0723. The highest BCUT2D eigenvalue weighted by Crippen LogP contribution is 2.37. The fourth-order valence-corrected chi connectivity index (χ4v) is 4.95. The third-order valence-electron chi connectivity index (χ3n) is 6.60. The maximum absolute atomic E-state index is 13.4. The Balaban J connectivity index is 1.35. The monoisotopic (exact) mass is 539 g/mol. The number of benzene rings is 1. The van der Waals surface area contributed by atoms with Gasteiger partial charge in [-0.2, -0.15) is 0 Å². The summed E-state index contributed by atoms with van der Waals surface area (Å²) >= 11 is 6.00. The van der Waals surface area contributed by atoms with E-state index < -0.39 is 0 Å². The van der Waals surface area contributed by atoms with Crippen LogP contribution in [0.5, 0.6) is 0 Å². The minimum Gasteiger partial charge on any atom is -0.382 e. The number of nitrogens with two attached hydrogens (primary N) is 1. The number of nitrogen functional groups attached to an aromatic ring is 1. The molecule has 39 heavy (non-hydrogen) atoms. The van der Waals surface area contributed by atoms with Crippen LogP contribution in [0.3, 0.4) is 0 Å². The minimum absolute atomic E-state index is 0.202. The van der Waals surface area contributed by atoms with E-state index in [2.05, 4.69) is 25.3 Å². The van der Waals surface area contributed by atoms with Gasteiger partial charge in [-0.1, -0.05) is 29.8 Å². The van der Waals surface area contributed by atoms with Crippen molar-refractivity contribution in [2.45, 2.75) is 18.9 Å².